The molecule has 2 aromatic heterocycles. The van der Waals surface area contributed by atoms with Crippen molar-refractivity contribution in [2.75, 3.05) is 23.3 Å². The van der Waals surface area contributed by atoms with Crippen LogP contribution in [0.2, 0.25) is 5.02 Å². The molecule has 1 fully saturated rings. The summed E-state index contributed by atoms with van der Waals surface area (Å²) < 4.78 is 2.45. The highest BCUT2D eigenvalue weighted by Crippen LogP contribution is 2.17. The lowest BCUT2D eigenvalue weighted by atomic mass is 10.3. The van der Waals surface area contributed by atoms with E-state index in [-0.39, 0.29) is 12.5 Å². The Balaban J connectivity index is 1.54. The van der Waals surface area contributed by atoms with E-state index >= 15 is 0 Å². The van der Waals surface area contributed by atoms with Crippen molar-refractivity contribution in [2.24, 2.45) is 0 Å². The first kappa shape index (κ1) is 16.6. The second-order valence-electron chi connectivity index (χ2n) is 6.15. The van der Waals surface area contributed by atoms with Crippen molar-refractivity contribution in [1.82, 2.24) is 19.2 Å². The highest BCUT2D eigenvalue weighted by molar-refractivity contribution is 6.30. The Hall–Kier alpha value is -2.87. The predicted molar refractivity (Wildman–Crippen MR) is 98.8 cm³/mol. The number of rotatable bonds is 4. The second-order valence-corrected chi connectivity index (χ2v) is 6.58. The van der Waals surface area contributed by atoms with E-state index in [0.717, 1.165) is 36.4 Å². The number of carbonyl (C=O) groups excluding carboxylic acids is 1. The highest BCUT2D eigenvalue weighted by atomic mass is 35.5. The molecule has 9 heteroatoms. The van der Waals surface area contributed by atoms with Crippen LogP contribution in [0.5, 0.6) is 0 Å². The van der Waals surface area contributed by atoms with Gasteiger partial charge in [0.15, 0.2) is 0 Å². The average Bonchev–Trinajstić information content (AvgIpc) is 3.26. The molecule has 1 N–H and O–H groups in total. The van der Waals surface area contributed by atoms with Gasteiger partial charge in [-0.15, -0.1) is 5.10 Å². The maximum atomic E-state index is 12.4. The topological polar surface area (TPSA) is 84.5 Å². The number of hydrogen-bond acceptors (Lipinski definition) is 5. The summed E-state index contributed by atoms with van der Waals surface area (Å²) in [7, 11) is 0. The molecule has 4 rings (SSSR count). The van der Waals surface area contributed by atoms with Crippen LogP contribution in [0, 0.1) is 0 Å². The van der Waals surface area contributed by atoms with E-state index in [9.17, 15) is 9.59 Å². The zero-order valence-electron chi connectivity index (χ0n) is 13.9. The molecular formula is C17H17ClN6O2. The minimum Gasteiger partial charge on any atom is -0.356 e. The standard InChI is InChI=1S/C17H17ClN6O2/c18-12-3-5-13(6-4-12)19-15(25)11-24-17(26)23-10-7-14(20-16(23)21-24)22-8-1-2-9-22/h3-7,10H,1-2,8-9,11H2,(H,19,25). The van der Waals surface area contributed by atoms with E-state index in [2.05, 4.69) is 20.3 Å². The van der Waals surface area contributed by atoms with Crippen LogP contribution in [0.15, 0.2) is 41.3 Å². The fourth-order valence-electron chi connectivity index (χ4n) is 2.99. The molecule has 0 bridgehead atoms. The van der Waals surface area contributed by atoms with Crippen molar-refractivity contribution in [1.29, 1.82) is 0 Å². The Kier molecular flexibility index (Phi) is 4.34. The number of carbonyl (C=O) groups is 1. The van der Waals surface area contributed by atoms with E-state index in [1.54, 1.807) is 36.5 Å². The monoisotopic (exact) mass is 372 g/mol. The van der Waals surface area contributed by atoms with Crippen LogP contribution in [0.25, 0.3) is 5.78 Å². The fraction of sp³-hybridized carbons (Fsp3) is 0.294. The summed E-state index contributed by atoms with van der Waals surface area (Å²) in [4.78, 5) is 31.2. The molecule has 0 aliphatic carbocycles. The third kappa shape index (κ3) is 3.28. The number of hydrogen-bond donors (Lipinski definition) is 1. The molecule has 3 heterocycles. The molecule has 0 radical (unpaired) electrons. The minimum atomic E-state index is -0.397. The van der Waals surface area contributed by atoms with Gasteiger partial charge in [-0.05, 0) is 43.2 Å². The summed E-state index contributed by atoms with van der Waals surface area (Å²) in [6.45, 7) is 1.72. The third-order valence-electron chi connectivity index (χ3n) is 4.29. The molecule has 3 aromatic rings. The van der Waals surface area contributed by atoms with Crippen molar-refractivity contribution in [3.8, 4) is 0 Å². The quantitative estimate of drug-likeness (QED) is 0.754. The van der Waals surface area contributed by atoms with Crippen molar-refractivity contribution >= 4 is 34.8 Å². The number of halogens is 1. The van der Waals surface area contributed by atoms with Gasteiger partial charge in [-0.25, -0.2) is 13.9 Å². The Morgan fingerprint density at radius 2 is 1.88 bits per heavy atom. The van der Waals surface area contributed by atoms with Gasteiger partial charge in [0.2, 0.25) is 5.91 Å². The van der Waals surface area contributed by atoms with E-state index in [1.165, 1.54) is 4.40 Å². The summed E-state index contributed by atoms with van der Waals surface area (Å²) in [5.41, 5.74) is 0.206. The summed E-state index contributed by atoms with van der Waals surface area (Å²) >= 11 is 5.82. The zero-order chi connectivity index (χ0) is 18.1. The van der Waals surface area contributed by atoms with E-state index in [4.69, 9.17) is 11.6 Å². The Bertz CT molecular complexity index is 1000. The summed E-state index contributed by atoms with van der Waals surface area (Å²) in [6.07, 6.45) is 3.93. The van der Waals surface area contributed by atoms with E-state index in [1.807, 2.05) is 0 Å². The summed E-state index contributed by atoms with van der Waals surface area (Å²) in [6, 6.07) is 8.54. The van der Waals surface area contributed by atoms with Crippen LogP contribution in [-0.4, -0.2) is 38.2 Å². The maximum absolute atomic E-state index is 12.4. The predicted octanol–water partition coefficient (Wildman–Crippen LogP) is 1.78. The number of benzene rings is 1. The normalized spacial score (nSPS) is 14.1. The molecule has 26 heavy (non-hydrogen) atoms. The van der Waals surface area contributed by atoms with Crippen molar-refractivity contribution < 1.29 is 4.79 Å². The molecule has 1 aliphatic rings. The molecule has 0 unspecified atom stereocenters. The lowest BCUT2D eigenvalue weighted by molar-refractivity contribution is -0.117. The summed E-state index contributed by atoms with van der Waals surface area (Å²) in [5.74, 6) is 0.744. The van der Waals surface area contributed by atoms with Crippen molar-refractivity contribution in [3.05, 3.63) is 52.0 Å². The first-order chi connectivity index (χ1) is 12.6. The van der Waals surface area contributed by atoms with Gasteiger partial charge >= 0.3 is 5.69 Å². The first-order valence-electron chi connectivity index (χ1n) is 8.37. The highest BCUT2D eigenvalue weighted by Gasteiger charge is 2.16. The van der Waals surface area contributed by atoms with Crippen LogP contribution in [0.1, 0.15) is 12.8 Å². The molecule has 0 spiro atoms. The third-order valence-corrected chi connectivity index (χ3v) is 4.54. The number of anilines is 2. The molecule has 134 valence electrons. The van der Waals surface area contributed by atoms with Crippen LogP contribution in [-0.2, 0) is 11.3 Å². The maximum Gasteiger partial charge on any atom is 0.352 e. The molecule has 8 nitrogen and oxygen atoms in total. The SMILES string of the molecule is O=C(Cn1nc2nc(N3CCCC3)ccn2c1=O)Nc1ccc(Cl)cc1. The molecule has 1 aromatic carbocycles. The van der Waals surface area contributed by atoms with Crippen LogP contribution in [0.4, 0.5) is 11.5 Å². The Morgan fingerprint density at radius 1 is 1.15 bits per heavy atom. The van der Waals surface area contributed by atoms with E-state index < -0.39 is 5.69 Å². The number of amides is 1. The average molecular weight is 373 g/mol. The number of fused-ring (bicyclic) bond motifs is 1. The van der Waals surface area contributed by atoms with Gasteiger partial charge in [-0.2, -0.15) is 4.98 Å². The van der Waals surface area contributed by atoms with Gasteiger partial charge in [0.05, 0.1) is 0 Å². The Labute approximate surface area is 154 Å². The lowest BCUT2D eigenvalue weighted by Gasteiger charge is -2.15. The zero-order valence-corrected chi connectivity index (χ0v) is 14.7. The van der Waals surface area contributed by atoms with Crippen LogP contribution >= 0.6 is 11.6 Å². The Morgan fingerprint density at radius 3 is 2.62 bits per heavy atom. The van der Waals surface area contributed by atoms with Crippen LogP contribution < -0.4 is 15.9 Å². The van der Waals surface area contributed by atoms with Gasteiger partial charge in [0, 0.05) is 30.0 Å². The minimum absolute atomic E-state index is 0.191. The number of aromatic nitrogens is 4. The molecule has 0 atom stereocenters. The van der Waals surface area contributed by atoms with Crippen LogP contribution in [0.3, 0.4) is 0 Å². The van der Waals surface area contributed by atoms with Gasteiger partial charge in [0.1, 0.15) is 12.4 Å². The van der Waals surface area contributed by atoms with Gasteiger partial charge in [-0.3, -0.25) is 4.79 Å². The van der Waals surface area contributed by atoms with Gasteiger partial charge < -0.3 is 10.2 Å². The molecular weight excluding hydrogens is 356 g/mol. The fourth-order valence-corrected chi connectivity index (χ4v) is 3.12. The molecule has 0 saturated carbocycles. The second kappa shape index (κ2) is 6.80. The lowest BCUT2D eigenvalue weighted by Crippen LogP contribution is -2.28. The number of nitrogens with zero attached hydrogens (tertiary/aromatic N) is 5. The molecule has 1 amide bonds. The van der Waals surface area contributed by atoms with Gasteiger partial charge in [0.25, 0.3) is 5.78 Å². The molecule has 1 saturated heterocycles. The largest absolute Gasteiger partial charge is 0.356 e. The van der Waals surface area contributed by atoms with Crippen molar-refractivity contribution in [2.45, 2.75) is 19.4 Å². The van der Waals surface area contributed by atoms with Crippen molar-refractivity contribution in [3.63, 3.8) is 0 Å². The summed E-state index contributed by atoms with van der Waals surface area (Å²) in [5, 5.41) is 7.48. The number of nitrogens with one attached hydrogen (secondary N) is 1. The van der Waals surface area contributed by atoms with Gasteiger partial charge in [-0.1, -0.05) is 11.6 Å². The van der Waals surface area contributed by atoms with E-state index in [0.29, 0.717) is 16.5 Å². The molecule has 1 aliphatic heterocycles. The first-order valence-corrected chi connectivity index (χ1v) is 8.74. The smallest absolute Gasteiger partial charge is 0.352 e.